The summed E-state index contributed by atoms with van der Waals surface area (Å²) in [5, 5.41) is 0. The molecule has 3 rings (SSSR count). The molecule has 2 aromatic rings. The van der Waals surface area contributed by atoms with E-state index >= 15 is 0 Å². The van der Waals surface area contributed by atoms with Crippen molar-refractivity contribution in [3.63, 3.8) is 0 Å². The average Bonchev–Trinajstić information content (AvgIpc) is 2.83. The second kappa shape index (κ2) is 5.07. The Balaban J connectivity index is 1.92. The number of nitrogens with zero attached hydrogens (tertiary/aromatic N) is 1. The maximum Gasteiger partial charge on any atom is 0.163 e. The lowest BCUT2D eigenvalue weighted by atomic mass is 10.2. The predicted octanol–water partition coefficient (Wildman–Crippen LogP) is 0.850. The Morgan fingerprint density at radius 3 is 2.79 bits per heavy atom. The minimum atomic E-state index is -0.0253. The molecule has 6 heteroatoms. The Labute approximate surface area is 110 Å². The van der Waals surface area contributed by atoms with Gasteiger partial charge >= 0.3 is 0 Å². The highest BCUT2D eigenvalue weighted by atomic mass is 16.6. The van der Waals surface area contributed by atoms with E-state index in [0.717, 1.165) is 28.4 Å². The van der Waals surface area contributed by atoms with Gasteiger partial charge < -0.3 is 24.9 Å². The molecule has 0 spiro atoms. The SMILES string of the molecule is COC(CN)Cc1nc2cc3c(cc2[nH]1)OCCO3. The normalized spacial score (nSPS) is 15.7. The molecule has 0 aliphatic carbocycles. The van der Waals surface area contributed by atoms with Crippen LogP contribution in [0.1, 0.15) is 5.82 Å². The molecule has 102 valence electrons. The molecule has 0 radical (unpaired) electrons. The molecular weight excluding hydrogens is 246 g/mol. The van der Waals surface area contributed by atoms with Gasteiger partial charge in [-0.3, -0.25) is 0 Å². The Morgan fingerprint density at radius 2 is 2.11 bits per heavy atom. The van der Waals surface area contributed by atoms with Gasteiger partial charge in [-0.05, 0) is 0 Å². The van der Waals surface area contributed by atoms with Gasteiger partial charge in [-0.2, -0.15) is 0 Å². The fourth-order valence-corrected chi connectivity index (χ4v) is 2.17. The van der Waals surface area contributed by atoms with Gasteiger partial charge in [0, 0.05) is 32.2 Å². The first-order valence-electron chi connectivity index (χ1n) is 6.31. The second-order valence-corrected chi connectivity index (χ2v) is 4.49. The number of H-pyrrole nitrogens is 1. The Kier molecular flexibility index (Phi) is 3.27. The zero-order valence-electron chi connectivity index (χ0n) is 10.8. The lowest BCUT2D eigenvalue weighted by molar-refractivity contribution is 0.108. The molecule has 0 saturated carbocycles. The van der Waals surface area contributed by atoms with Crippen molar-refractivity contribution in [2.75, 3.05) is 26.9 Å². The van der Waals surface area contributed by atoms with Gasteiger partial charge in [0.25, 0.3) is 0 Å². The van der Waals surface area contributed by atoms with Crippen molar-refractivity contribution in [1.82, 2.24) is 9.97 Å². The van der Waals surface area contributed by atoms with Gasteiger partial charge in [0.2, 0.25) is 0 Å². The molecule has 1 aliphatic rings. The monoisotopic (exact) mass is 263 g/mol. The minimum absolute atomic E-state index is 0.0253. The van der Waals surface area contributed by atoms with Gasteiger partial charge in [0.1, 0.15) is 19.0 Å². The molecule has 0 bridgehead atoms. The highest BCUT2D eigenvalue weighted by Gasteiger charge is 2.16. The molecule has 0 saturated heterocycles. The maximum atomic E-state index is 5.62. The van der Waals surface area contributed by atoms with E-state index in [0.29, 0.717) is 26.2 Å². The molecule has 1 aromatic heterocycles. The topological polar surface area (TPSA) is 82.4 Å². The number of aromatic nitrogens is 2. The van der Waals surface area contributed by atoms with Crippen LogP contribution in [0.3, 0.4) is 0 Å². The first-order chi connectivity index (χ1) is 9.30. The summed E-state index contributed by atoms with van der Waals surface area (Å²) in [5.41, 5.74) is 7.42. The molecule has 3 N–H and O–H groups in total. The summed E-state index contributed by atoms with van der Waals surface area (Å²) in [7, 11) is 1.65. The van der Waals surface area contributed by atoms with E-state index in [-0.39, 0.29) is 6.10 Å². The van der Waals surface area contributed by atoms with Crippen LogP contribution in [0, 0.1) is 0 Å². The van der Waals surface area contributed by atoms with Crippen LogP contribution in [0.2, 0.25) is 0 Å². The molecule has 1 unspecified atom stereocenters. The fourth-order valence-electron chi connectivity index (χ4n) is 2.17. The van der Waals surface area contributed by atoms with Crippen LogP contribution < -0.4 is 15.2 Å². The van der Waals surface area contributed by atoms with E-state index in [1.54, 1.807) is 7.11 Å². The number of methoxy groups -OCH3 is 1. The van der Waals surface area contributed by atoms with Crippen LogP contribution in [0.4, 0.5) is 0 Å². The van der Waals surface area contributed by atoms with E-state index in [9.17, 15) is 0 Å². The number of hydrogen-bond acceptors (Lipinski definition) is 5. The molecule has 1 atom stereocenters. The summed E-state index contributed by atoms with van der Waals surface area (Å²) in [4.78, 5) is 7.79. The van der Waals surface area contributed by atoms with E-state index in [1.807, 2.05) is 12.1 Å². The van der Waals surface area contributed by atoms with Crippen LogP contribution in [0.15, 0.2) is 12.1 Å². The summed E-state index contributed by atoms with van der Waals surface area (Å²) in [6.45, 7) is 1.63. The van der Waals surface area contributed by atoms with Crippen molar-refractivity contribution < 1.29 is 14.2 Å². The Morgan fingerprint density at radius 1 is 1.37 bits per heavy atom. The fraction of sp³-hybridized carbons (Fsp3) is 0.462. The number of fused-ring (bicyclic) bond motifs is 2. The number of nitrogens with one attached hydrogen (secondary N) is 1. The Hall–Kier alpha value is -1.79. The third kappa shape index (κ3) is 2.36. The number of ether oxygens (including phenoxy) is 3. The second-order valence-electron chi connectivity index (χ2n) is 4.49. The van der Waals surface area contributed by atoms with Crippen molar-refractivity contribution in [2.45, 2.75) is 12.5 Å². The summed E-state index contributed by atoms with van der Waals surface area (Å²) in [6, 6.07) is 3.82. The molecule has 0 fully saturated rings. The molecule has 19 heavy (non-hydrogen) atoms. The first-order valence-corrected chi connectivity index (χ1v) is 6.31. The van der Waals surface area contributed by atoms with E-state index in [1.165, 1.54) is 0 Å². The highest BCUT2D eigenvalue weighted by Crippen LogP contribution is 2.33. The summed E-state index contributed by atoms with van der Waals surface area (Å²) in [6.07, 6.45) is 0.635. The maximum absolute atomic E-state index is 5.62. The van der Waals surface area contributed by atoms with Crippen molar-refractivity contribution in [3.05, 3.63) is 18.0 Å². The van der Waals surface area contributed by atoms with Crippen LogP contribution >= 0.6 is 0 Å². The summed E-state index contributed by atoms with van der Waals surface area (Å²) in [5.74, 6) is 2.37. The smallest absolute Gasteiger partial charge is 0.163 e. The van der Waals surface area contributed by atoms with Crippen LogP contribution in [-0.4, -0.2) is 42.9 Å². The molecule has 6 nitrogen and oxygen atoms in total. The lowest BCUT2D eigenvalue weighted by Gasteiger charge is -2.17. The van der Waals surface area contributed by atoms with Gasteiger partial charge in [-0.25, -0.2) is 4.98 Å². The standard InChI is InChI=1S/C13H17N3O3/c1-17-8(7-14)4-13-15-9-5-11-12(6-10(9)16-13)19-3-2-18-11/h5-6,8H,2-4,7,14H2,1H3,(H,15,16). The van der Waals surface area contributed by atoms with Gasteiger partial charge in [0.05, 0.1) is 17.1 Å². The van der Waals surface area contributed by atoms with E-state index in [4.69, 9.17) is 19.9 Å². The van der Waals surface area contributed by atoms with Crippen LogP contribution in [0.25, 0.3) is 11.0 Å². The van der Waals surface area contributed by atoms with Gasteiger partial charge in [-0.1, -0.05) is 0 Å². The molecular formula is C13H17N3O3. The number of rotatable bonds is 4. The van der Waals surface area contributed by atoms with Crippen molar-refractivity contribution in [3.8, 4) is 11.5 Å². The quantitative estimate of drug-likeness (QED) is 0.854. The van der Waals surface area contributed by atoms with E-state index in [2.05, 4.69) is 9.97 Å². The van der Waals surface area contributed by atoms with Crippen molar-refractivity contribution >= 4 is 11.0 Å². The molecule has 0 amide bonds. The number of imidazole rings is 1. The first kappa shape index (κ1) is 12.3. The third-order valence-corrected chi connectivity index (χ3v) is 3.21. The predicted molar refractivity (Wildman–Crippen MR) is 70.6 cm³/mol. The van der Waals surface area contributed by atoms with Crippen molar-refractivity contribution in [1.29, 1.82) is 0 Å². The summed E-state index contributed by atoms with van der Waals surface area (Å²) < 4.78 is 16.4. The van der Waals surface area contributed by atoms with Crippen LogP contribution in [-0.2, 0) is 11.2 Å². The van der Waals surface area contributed by atoms with Crippen LogP contribution in [0.5, 0.6) is 11.5 Å². The lowest BCUT2D eigenvalue weighted by Crippen LogP contribution is -2.25. The minimum Gasteiger partial charge on any atom is -0.486 e. The summed E-state index contributed by atoms with van der Waals surface area (Å²) >= 11 is 0. The molecule has 1 aliphatic heterocycles. The molecule has 1 aromatic carbocycles. The largest absolute Gasteiger partial charge is 0.486 e. The van der Waals surface area contributed by atoms with Gasteiger partial charge in [0.15, 0.2) is 11.5 Å². The number of nitrogens with two attached hydrogens (primary N) is 1. The van der Waals surface area contributed by atoms with Gasteiger partial charge in [-0.15, -0.1) is 0 Å². The van der Waals surface area contributed by atoms with E-state index < -0.39 is 0 Å². The zero-order valence-corrected chi connectivity index (χ0v) is 10.8. The highest BCUT2D eigenvalue weighted by molar-refractivity contribution is 5.79. The Bertz CT molecular complexity index is 535. The van der Waals surface area contributed by atoms with Crippen molar-refractivity contribution in [2.24, 2.45) is 5.73 Å². The molecule has 2 heterocycles. The number of aromatic amines is 1. The number of benzene rings is 1. The zero-order chi connectivity index (χ0) is 13.2. The number of hydrogen-bond donors (Lipinski definition) is 2. The average molecular weight is 263 g/mol. The third-order valence-electron chi connectivity index (χ3n) is 3.21.